The summed E-state index contributed by atoms with van der Waals surface area (Å²) in [5.41, 5.74) is 0.775. The van der Waals surface area contributed by atoms with E-state index in [4.69, 9.17) is 0 Å². The van der Waals surface area contributed by atoms with Gasteiger partial charge in [-0.15, -0.1) is 0 Å². The molecule has 0 spiro atoms. The number of nitrogens with zero attached hydrogens (tertiary/aromatic N) is 2. The van der Waals surface area contributed by atoms with E-state index in [1.54, 1.807) is 17.9 Å². The van der Waals surface area contributed by atoms with Gasteiger partial charge in [0, 0.05) is 37.2 Å². The number of aromatic amines is 1. The van der Waals surface area contributed by atoms with Crippen molar-refractivity contribution >= 4 is 22.6 Å². The fourth-order valence-corrected chi connectivity index (χ4v) is 3.80. The van der Waals surface area contributed by atoms with Crippen LogP contribution in [0.1, 0.15) is 24.8 Å². The highest BCUT2D eigenvalue weighted by Crippen LogP contribution is 2.40. The smallest absolute Gasteiger partial charge is 0.257 e. The number of carbonyl (C=O) groups is 1. The summed E-state index contributed by atoms with van der Waals surface area (Å²) in [6, 6.07) is 13.2. The van der Waals surface area contributed by atoms with Gasteiger partial charge in [0.25, 0.3) is 5.92 Å². The fraction of sp³-hybridized carbons (Fsp3) is 0.318. The molecule has 0 bridgehead atoms. The number of fused-ring (bicyclic) bond motifs is 1. The molecule has 2 N–H and O–H groups in total. The normalized spacial score (nSPS) is 20.0. The van der Waals surface area contributed by atoms with Gasteiger partial charge < -0.3 is 10.3 Å². The first kappa shape index (κ1) is 20.2. The van der Waals surface area contributed by atoms with Crippen molar-refractivity contribution in [2.45, 2.75) is 31.2 Å². The van der Waals surface area contributed by atoms with Crippen molar-refractivity contribution in [2.75, 3.05) is 18.4 Å². The number of aromatic nitrogens is 2. The first-order chi connectivity index (χ1) is 14.3. The maximum Gasteiger partial charge on any atom is 0.257 e. The van der Waals surface area contributed by atoms with E-state index in [2.05, 4.69) is 15.3 Å². The predicted octanol–water partition coefficient (Wildman–Crippen LogP) is 3.37. The number of carbonyl (C=O) groups excluding carboxylic acids is 1. The zero-order chi connectivity index (χ0) is 21.3. The van der Waals surface area contributed by atoms with Crippen LogP contribution in [0.25, 0.3) is 10.9 Å². The molecule has 1 saturated heterocycles. The highest BCUT2D eigenvalue weighted by Gasteiger charge is 2.46. The Balaban J connectivity index is 1.48. The molecule has 1 aliphatic heterocycles. The number of hydrogen-bond acceptors (Lipinski definition) is 4. The zero-order valence-electron chi connectivity index (χ0n) is 16.4. The number of alkyl halides is 2. The topological polar surface area (TPSA) is 78.1 Å². The minimum atomic E-state index is -2.91. The monoisotopic (exact) mass is 412 g/mol. The molecule has 1 amide bonds. The van der Waals surface area contributed by atoms with Crippen molar-refractivity contribution in [3.63, 3.8) is 0 Å². The number of pyridine rings is 2. The predicted molar refractivity (Wildman–Crippen MR) is 111 cm³/mol. The van der Waals surface area contributed by atoms with E-state index in [0.29, 0.717) is 11.4 Å². The van der Waals surface area contributed by atoms with Crippen LogP contribution in [-0.4, -0.2) is 45.8 Å². The number of anilines is 1. The van der Waals surface area contributed by atoms with Crippen LogP contribution < -0.4 is 10.9 Å². The van der Waals surface area contributed by atoms with Crippen LogP contribution >= 0.6 is 0 Å². The van der Waals surface area contributed by atoms with Gasteiger partial charge in [-0.3, -0.25) is 14.5 Å². The minimum Gasteiger partial charge on any atom is -0.329 e. The molecule has 3 heterocycles. The number of amides is 1. The van der Waals surface area contributed by atoms with Gasteiger partial charge in [0.15, 0.2) is 0 Å². The first-order valence-corrected chi connectivity index (χ1v) is 9.81. The van der Waals surface area contributed by atoms with Crippen molar-refractivity contribution in [3.8, 4) is 0 Å². The zero-order valence-corrected chi connectivity index (χ0v) is 16.4. The molecule has 4 rings (SSSR count). The molecule has 8 heteroatoms. The molecule has 1 fully saturated rings. The Hall–Kier alpha value is -3.13. The van der Waals surface area contributed by atoms with Crippen molar-refractivity contribution < 1.29 is 13.6 Å². The van der Waals surface area contributed by atoms with E-state index in [-0.39, 0.29) is 31.0 Å². The average molecular weight is 412 g/mol. The number of halogens is 2. The molecule has 0 radical (unpaired) electrons. The summed E-state index contributed by atoms with van der Waals surface area (Å²) in [6.45, 7) is 1.81. The van der Waals surface area contributed by atoms with Gasteiger partial charge in [-0.2, -0.15) is 0 Å². The van der Waals surface area contributed by atoms with E-state index in [9.17, 15) is 18.4 Å². The van der Waals surface area contributed by atoms with Crippen molar-refractivity contribution in [3.05, 3.63) is 70.6 Å². The molecule has 156 valence electrons. The summed E-state index contributed by atoms with van der Waals surface area (Å²) in [6.07, 6.45) is 0.969. The van der Waals surface area contributed by atoms with Crippen LogP contribution in [0.5, 0.6) is 0 Å². The number of nitrogens with one attached hydrogen (secondary N) is 2. The summed E-state index contributed by atoms with van der Waals surface area (Å²) in [5, 5.41) is 3.75. The van der Waals surface area contributed by atoms with E-state index in [1.807, 2.05) is 30.3 Å². The van der Waals surface area contributed by atoms with Gasteiger partial charge in [0.2, 0.25) is 11.5 Å². The number of rotatable bonds is 4. The molecular formula is C22H22F2N4O2. The molecule has 6 nitrogen and oxygen atoms in total. The molecule has 1 aromatic carbocycles. The maximum atomic E-state index is 14.6. The lowest BCUT2D eigenvalue weighted by Crippen LogP contribution is -2.52. The second kappa shape index (κ2) is 7.95. The number of para-hydroxylation sites is 1. The Morgan fingerprint density at radius 1 is 1.23 bits per heavy atom. The summed E-state index contributed by atoms with van der Waals surface area (Å²) in [7, 11) is 0. The van der Waals surface area contributed by atoms with Gasteiger partial charge in [-0.05, 0) is 30.7 Å². The molecule has 30 heavy (non-hydrogen) atoms. The second-order valence-corrected chi connectivity index (χ2v) is 7.60. The molecule has 3 aromatic rings. The van der Waals surface area contributed by atoms with E-state index in [1.165, 1.54) is 18.3 Å². The van der Waals surface area contributed by atoms with Crippen molar-refractivity contribution in [1.29, 1.82) is 0 Å². The van der Waals surface area contributed by atoms with Crippen molar-refractivity contribution in [2.24, 2.45) is 0 Å². The van der Waals surface area contributed by atoms with Gasteiger partial charge in [0.05, 0.1) is 17.5 Å². The number of hydrogen-bond donors (Lipinski definition) is 2. The molecule has 2 unspecified atom stereocenters. The highest BCUT2D eigenvalue weighted by molar-refractivity contribution is 5.94. The summed E-state index contributed by atoms with van der Waals surface area (Å²) >= 11 is 0. The molecule has 2 aromatic heterocycles. The lowest BCUT2D eigenvalue weighted by molar-refractivity contribution is -0.125. The molecule has 2 atom stereocenters. The van der Waals surface area contributed by atoms with Crippen LogP contribution in [0.2, 0.25) is 0 Å². The Bertz CT molecular complexity index is 1110. The lowest BCUT2D eigenvalue weighted by atomic mass is 9.87. The number of benzene rings is 1. The van der Waals surface area contributed by atoms with E-state index < -0.39 is 17.9 Å². The van der Waals surface area contributed by atoms with Crippen LogP contribution in [0.3, 0.4) is 0 Å². The highest BCUT2D eigenvalue weighted by atomic mass is 19.3. The largest absolute Gasteiger partial charge is 0.329 e. The summed E-state index contributed by atoms with van der Waals surface area (Å²) in [5.74, 6) is -3.89. The number of H-pyrrole nitrogens is 1. The van der Waals surface area contributed by atoms with Crippen LogP contribution in [0.15, 0.2) is 59.5 Å². The third-order valence-electron chi connectivity index (χ3n) is 5.65. The quantitative estimate of drug-likeness (QED) is 0.689. The molecule has 0 aliphatic carbocycles. The fourth-order valence-electron chi connectivity index (χ4n) is 3.80. The summed E-state index contributed by atoms with van der Waals surface area (Å²) in [4.78, 5) is 32.7. The van der Waals surface area contributed by atoms with Gasteiger partial charge >= 0.3 is 0 Å². The number of likely N-dealkylation sites (tertiary alicyclic amines) is 1. The number of piperidine rings is 1. The Labute approximate surface area is 171 Å². The van der Waals surface area contributed by atoms with Gasteiger partial charge in [0.1, 0.15) is 5.82 Å². The van der Waals surface area contributed by atoms with E-state index in [0.717, 1.165) is 10.9 Å². The Kier molecular flexibility index (Phi) is 5.34. The molecule has 0 saturated carbocycles. The Morgan fingerprint density at radius 3 is 2.80 bits per heavy atom. The minimum absolute atomic E-state index is 0.0127. The second-order valence-electron chi connectivity index (χ2n) is 7.60. The first-order valence-electron chi connectivity index (χ1n) is 9.81. The third kappa shape index (κ3) is 4.09. The van der Waals surface area contributed by atoms with E-state index >= 15 is 0 Å². The van der Waals surface area contributed by atoms with Gasteiger partial charge in [-0.25, -0.2) is 13.8 Å². The van der Waals surface area contributed by atoms with Crippen LogP contribution in [0.4, 0.5) is 14.6 Å². The summed E-state index contributed by atoms with van der Waals surface area (Å²) < 4.78 is 29.1. The van der Waals surface area contributed by atoms with Gasteiger partial charge in [-0.1, -0.05) is 24.3 Å². The lowest BCUT2D eigenvalue weighted by Gasteiger charge is -2.40. The standard InChI is InChI=1S/C22H22F2N4O2/c1-14(21(30)27-19-8-6-15-4-2-3-5-18(15)26-19)28-11-10-22(23,24)17(13-28)16-7-9-20(29)25-12-16/h2-9,12,14,17H,10-11,13H2,1H3,(H,25,29)(H,26,27,30). The van der Waals surface area contributed by atoms with Crippen molar-refractivity contribution in [1.82, 2.24) is 14.9 Å². The SMILES string of the molecule is CC(C(=O)Nc1ccc2ccccc2n1)N1CCC(F)(F)C(c2ccc(=O)[nH]c2)C1. The Morgan fingerprint density at radius 2 is 2.03 bits per heavy atom. The third-order valence-corrected chi connectivity index (χ3v) is 5.65. The average Bonchev–Trinajstić information content (AvgIpc) is 2.74. The molecule has 1 aliphatic rings. The maximum absolute atomic E-state index is 14.6. The van der Waals surface area contributed by atoms with Crippen LogP contribution in [0, 0.1) is 0 Å². The molecular weight excluding hydrogens is 390 g/mol. The van der Waals surface area contributed by atoms with Crippen LogP contribution in [-0.2, 0) is 4.79 Å².